The Kier molecular flexibility index (Phi) is 1.75. The van der Waals surface area contributed by atoms with E-state index in [1.807, 2.05) is 0 Å². The molecule has 2 fully saturated rings. The van der Waals surface area contributed by atoms with Gasteiger partial charge in [0.25, 0.3) is 0 Å². The number of quaternary nitrogens is 1. The topological polar surface area (TPSA) is 12.2 Å². The molecule has 2 aliphatic heterocycles. The maximum absolute atomic E-state index is 5.39. The summed E-state index contributed by atoms with van der Waals surface area (Å²) in [6.07, 6.45) is 0. The first-order chi connectivity index (χ1) is 6.91. The van der Waals surface area contributed by atoms with E-state index >= 15 is 0 Å². The number of ether oxygens (including phenoxy) is 1. The highest BCUT2D eigenvalue weighted by Crippen LogP contribution is 2.35. The number of nitrogens with zero attached hydrogens (tertiary/aromatic N) is 2. The molecule has 14 heavy (non-hydrogen) atoms. The summed E-state index contributed by atoms with van der Waals surface area (Å²) >= 11 is 0. The van der Waals surface area contributed by atoms with Crippen LogP contribution < -0.4 is 5.01 Å². The van der Waals surface area contributed by atoms with Crippen LogP contribution in [0.25, 0.3) is 0 Å². The molecule has 0 bridgehead atoms. The SMILES string of the molecule is c1ccc(N2C[N+]23CCOCC3)cc1. The average Bonchev–Trinajstić information content (AvgIpc) is 2.95. The van der Waals surface area contributed by atoms with Crippen LogP contribution in [-0.2, 0) is 4.74 Å². The molecular weight excluding hydrogens is 176 g/mol. The molecule has 2 saturated heterocycles. The summed E-state index contributed by atoms with van der Waals surface area (Å²) < 4.78 is 6.50. The van der Waals surface area contributed by atoms with Gasteiger partial charge >= 0.3 is 0 Å². The summed E-state index contributed by atoms with van der Waals surface area (Å²) in [5, 5.41) is 2.45. The van der Waals surface area contributed by atoms with Crippen LogP contribution in [-0.4, -0.2) is 37.6 Å². The molecule has 1 spiro atoms. The maximum atomic E-state index is 5.39. The van der Waals surface area contributed by atoms with Crippen LogP contribution in [0.4, 0.5) is 5.69 Å². The molecule has 0 radical (unpaired) electrons. The standard InChI is InChI=1S/C11H15N2O/c1-2-4-11(5-3-1)12-10-13(12)6-8-14-9-7-13/h1-5H,6-10H2/q+1. The molecular formula is C11H15N2O+. The Bertz CT molecular complexity index is 319. The molecule has 74 valence electrons. The van der Waals surface area contributed by atoms with Gasteiger partial charge in [-0.1, -0.05) is 18.2 Å². The van der Waals surface area contributed by atoms with Crippen molar-refractivity contribution in [1.82, 2.24) is 0 Å². The van der Waals surface area contributed by atoms with E-state index in [9.17, 15) is 0 Å². The zero-order valence-corrected chi connectivity index (χ0v) is 8.22. The molecule has 0 aliphatic carbocycles. The Labute approximate surface area is 84.1 Å². The number of para-hydroxylation sites is 1. The van der Waals surface area contributed by atoms with Gasteiger partial charge in [0.15, 0.2) is 0 Å². The van der Waals surface area contributed by atoms with E-state index in [2.05, 4.69) is 35.3 Å². The predicted octanol–water partition coefficient (Wildman–Crippen LogP) is 1.23. The molecule has 0 unspecified atom stereocenters. The lowest BCUT2D eigenvalue weighted by molar-refractivity contribution is -0.815. The molecule has 0 aromatic heterocycles. The first kappa shape index (κ1) is 8.26. The van der Waals surface area contributed by atoms with Crippen LogP contribution in [0.1, 0.15) is 0 Å². The lowest BCUT2D eigenvalue weighted by Crippen LogP contribution is -2.42. The van der Waals surface area contributed by atoms with Crippen LogP contribution >= 0.6 is 0 Å². The molecule has 3 heteroatoms. The van der Waals surface area contributed by atoms with Crippen LogP contribution in [0.3, 0.4) is 0 Å². The number of anilines is 1. The smallest absolute Gasteiger partial charge is 0.220 e. The highest BCUT2D eigenvalue weighted by molar-refractivity contribution is 5.45. The van der Waals surface area contributed by atoms with Gasteiger partial charge in [0, 0.05) is 0 Å². The van der Waals surface area contributed by atoms with E-state index in [4.69, 9.17) is 4.74 Å². The molecule has 1 aromatic carbocycles. The number of benzene rings is 1. The fourth-order valence-electron chi connectivity index (χ4n) is 2.21. The number of hydrogen-bond donors (Lipinski definition) is 0. The zero-order valence-electron chi connectivity index (χ0n) is 8.22. The lowest BCUT2D eigenvalue weighted by atomic mass is 10.3. The third-order valence-corrected chi connectivity index (χ3v) is 3.18. The number of morpholine rings is 1. The number of hydrogen-bond acceptors (Lipinski definition) is 2. The second-order valence-corrected chi connectivity index (χ2v) is 4.03. The minimum absolute atomic E-state index is 0.906. The quantitative estimate of drug-likeness (QED) is 0.489. The summed E-state index contributed by atoms with van der Waals surface area (Å²) in [5.74, 6) is 0. The predicted molar refractivity (Wildman–Crippen MR) is 54.6 cm³/mol. The van der Waals surface area contributed by atoms with Crippen LogP contribution in [0.15, 0.2) is 30.3 Å². The summed E-state index contributed by atoms with van der Waals surface area (Å²) in [6, 6.07) is 10.6. The van der Waals surface area contributed by atoms with Crippen molar-refractivity contribution >= 4 is 5.69 Å². The van der Waals surface area contributed by atoms with Gasteiger partial charge in [-0.05, 0) is 12.1 Å². The molecule has 3 rings (SSSR count). The van der Waals surface area contributed by atoms with Gasteiger partial charge in [-0.25, -0.2) is 0 Å². The van der Waals surface area contributed by atoms with Gasteiger partial charge in [0.2, 0.25) is 6.67 Å². The van der Waals surface area contributed by atoms with Crippen molar-refractivity contribution in [1.29, 1.82) is 0 Å². The van der Waals surface area contributed by atoms with E-state index in [1.54, 1.807) is 0 Å². The van der Waals surface area contributed by atoms with Crippen molar-refractivity contribution in [3.05, 3.63) is 30.3 Å². The summed E-state index contributed by atoms with van der Waals surface area (Å²) in [4.78, 5) is 0. The van der Waals surface area contributed by atoms with Gasteiger partial charge in [-0.2, -0.15) is 9.60 Å². The second kappa shape index (κ2) is 2.97. The fourth-order valence-corrected chi connectivity index (χ4v) is 2.21. The van der Waals surface area contributed by atoms with Gasteiger partial charge < -0.3 is 4.74 Å². The van der Waals surface area contributed by atoms with Crippen molar-refractivity contribution in [2.45, 2.75) is 0 Å². The van der Waals surface area contributed by atoms with Crippen LogP contribution in [0, 0.1) is 0 Å². The first-order valence-electron chi connectivity index (χ1n) is 5.18. The van der Waals surface area contributed by atoms with Crippen molar-refractivity contribution < 1.29 is 9.33 Å². The van der Waals surface area contributed by atoms with Crippen molar-refractivity contribution in [2.75, 3.05) is 38.0 Å². The number of rotatable bonds is 1. The molecule has 0 N–H and O–H groups in total. The highest BCUT2D eigenvalue weighted by atomic mass is 16.5. The highest BCUT2D eigenvalue weighted by Gasteiger charge is 2.54. The molecule has 1 aromatic rings. The lowest BCUT2D eigenvalue weighted by Gasteiger charge is -2.23. The van der Waals surface area contributed by atoms with Gasteiger partial charge in [-0.15, -0.1) is 0 Å². The molecule has 0 atom stereocenters. The van der Waals surface area contributed by atoms with Gasteiger partial charge in [-0.3, -0.25) is 0 Å². The average molecular weight is 191 g/mol. The van der Waals surface area contributed by atoms with E-state index in [0.717, 1.165) is 37.6 Å². The van der Waals surface area contributed by atoms with Gasteiger partial charge in [0.05, 0.1) is 18.9 Å². The van der Waals surface area contributed by atoms with E-state index in [0.29, 0.717) is 0 Å². The summed E-state index contributed by atoms with van der Waals surface area (Å²) in [7, 11) is 0. The monoisotopic (exact) mass is 191 g/mol. The van der Waals surface area contributed by atoms with E-state index in [-0.39, 0.29) is 0 Å². The van der Waals surface area contributed by atoms with E-state index < -0.39 is 0 Å². The third-order valence-electron chi connectivity index (χ3n) is 3.18. The zero-order chi connectivity index (χ0) is 9.43. The largest absolute Gasteiger partial charge is 0.370 e. The van der Waals surface area contributed by atoms with E-state index in [1.165, 1.54) is 5.69 Å². The fraction of sp³-hybridized carbons (Fsp3) is 0.455. The molecule has 3 nitrogen and oxygen atoms in total. The summed E-state index contributed by atoms with van der Waals surface area (Å²) in [6.45, 7) is 5.24. The Morgan fingerprint density at radius 2 is 1.79 bits per heavy atom. The van der Waals surface area contributed by atoms with Gasteiger partial charge in [0.1, 0.15) is 13.1 Å². The second-order valence-electron chi connectivity index (χ2n) is 4.03. The Hall–Kier alpha value is -1.06. The van der Waals surface area contributed by atoms with Crippen LogP contribution in [0.5, 0.6) is 0 Å². The molecule has 2 heterocycles. The third kappa shape index (κ3) is 1.21. The first-order valence-corrected chi connectivity index (χ1v) is 5.18. The Morgan fingerprint density at radius 1 is 1.07 bits per heavy atom. The minimum atomic E-state index is 0.906. The molecule has 0 saturated carbocycles. The molecule has 0 amide bonds. The molecule has 2 aliphatic rings. The van der Waals surface area contributed by atoms with Crippen LogP contribution in [0.2, 0.25) is 0 Å². The minimum Gasteiger partial charge on any atom is -0.370 e. The van der Waals surface area contributed by atoms with Crippen molar-refractivity contribution in [2.24, 2.45) is 0 Å². The summed E-state index contributed by atoms with van der Waals surface area (Å²) in [5.41, 5.74) is 1.34. The normalized spacial score (nSPS) is 23.9. The Morgan fingerprint density at radius 3 is 2.50 bits per heavy atom. The van der Waals surface area contributed by atoms with Crippen molar-refractivity contribution in [3.63, 3.8) is 0 Å². The van der Waals surface area contributed by atoms with Crippen molar-refractivity contribution in [3.8, 4) is 0 Å². The Balaban J connectivity index is 1.78. The maximum Gasteiger partial charge on any atom is 0.220 e.